The van der Waals surface area contributed by atoms with Gasteiger partial charge < -0.3 is 9.15 Å². The van der Waals surface area contributed by atoms with Gasteiger partial charge in [-0.25, -0.2) is 10.2 Å². The second-order valence-corrected chi connectivity index (χ2v) is 6.90. The fourth-order valence-corrected chi connectivity index (χ4v) is 3.52. The van der Waals surface area contributed by atoms with Crippen LogP contribution in [0.3, 0.4) is 0 Å². The Bertz CT molecular complexity index is 934. The average molecular weight is 409 g/mol. The van der Waals surface area contributed by atoms with E-state index in [4.69, 9.17) is 32.4 Å². The Morgan fingerprint density at radius 2 is 2.07 bits per heavy atom. The minimum atomic E-state index is -0.499. The molecular formula is C19H18Cl2N2O4. The van der Waals surface area contributed by atoms with Crippen molar-refractivity contribution in [2.45, 2.75) is 33.1 Å². The van der Waals surface area contributed by atoms with Crippen molar-refractivity contribution in [3.63, 3.8) is 0 Å². The molecule has 1 aliphatic rings. The lowest BCUT2D eigenvalue weighted by atomic mass is 9.93. The molecule has 0 spiro atoms. The Morgan fingerprint density at radius 3 is 2.78 bits per heavy atom. The largest absolute Gasteiger partial charge is 0.460 e. The van der Waals surface area contributed by atoms with Crippen LogP contribution in [-0.4, -0.2) is 24.2 Å². The number of esters is 1. The fraction of sp³-hybridized carbons (Fsp3) is 0.316. The SMILES string of the molecule is CCOC(=O)c1oc2c(c1C)/C(=N/NC(=O)c1ccc(Cl)cc1Cl)CCC2. The summed E-state index contributed by atoms with van der Waals surface area (Å²) in [6.07, 6.45) is 2.16. The normalized spacial score (nSPS) is 14.7. The summed E-state index contributed by atoms with van der Waals surface area (Å²) in [7, 11) is 0. The summed E-state index contributed by atoms with van der Waals surface area (Å²) in [4.78, 5) is 24.4. The van der Waals surface area contributed by atoms with E-state index in [-0.39, 0.29) is 23.0 Å². The Balaban J connectivity index is 1.87. The van der Waals surface area contributed by atoms with Crippen LogP contribution in [0, 0.1) is 6.92 Å². The smallest absolute Gasteiger partial charge is 0.374 e. The summed E-state index contributed by atoms with van der Waals surface area (Å²) in [5, 5.41) is 4.95. The van der Waals surface area contributed by atoms with Crippen LogP contribution >= 0.6 is 23.2 Å². The Labute approximate surface area is 166 Å². The molecule has 0 atom stereocenters. The van der Waals surface area contributed by atoms with E-state index in [9.17, 15) is 9.59 Å². The maximum atomic E-state index is 12.4. The summed E-state index contributed by atoms with van der Waals surface area (Å²) in [6, 6.07) is 4.62. The second kappa shape index (κ2) is 8.15. The second-order valence-electron chi connectivity index (χ2n) is 6.05. The number of furan rings is 1. The highest BCUT2D eigenvalue weighted by Gasteiger charge is 2.28. The number of hydrogen-bond donors (Lipinski definition) is 1. The number of carbonyl (C=O) groups excluding carboxylic acids is 2. The van der Waals surface area contributed by atoms with E-state index in [1.54, 1.807) is 19.9 Å². The first-order valence-corrected chi connectivity index (χ1v) is 9.29. The Kier molecular flexibility index (Phi) is 5.87. The van der Waals surface area contributed by atoms with E-state index >= 15 is 0 Å². The van der Waals surface area contributed by atoms with Crippen LogP contribution in [0.1, 0.15) is 57.6 Å². The van der Waals surface area contributed by atoms with E-state index in [0.717, 1.165) is 12.0 Å². The van der Waals surface area contributed by atoms with Gasteiger partial charge in [-0.1, -0.05) is 23.2 Å². The quantitative estimate of drug-likeness (QED) is 0.594. The molecule has 0 unspecified atom stereocenters. The number of nitrogens with one attached hydrogen (secondary N) is 1. The lowest BCUT2D eigenvalue weighted by Gasteiger charge is -2.13. The van der Waals surface area contributed by atoms with Crippen molar-refractivity contribution >= 4 is 40.8 Å². The van der Waals surface area contributed by atoms with Gasteiger partial charge >= 0.3 is 5.97 Å². The van der Waals surface area contributed by atoms with E-state index < -0.39 is 11.9 Å². The topological polar surface area (TPSA) is 80.9 Å². The first-order chi connectivity index (χ1) is 12.9. The maximum absolute atomic E-state index is 12.4. The molecule has 0 aliphatic heterocycles. The van der Waals surface area contributed by atoms with E-state index in [2.05, 4.69) is 10.5 Å². The molecule has 3 rings (SSSR count). The Morgan fingerprint density at radius 1 is 1.30 bits per heavy atom. The van der Waals surface area contributed by atoms with Gasteiger partial charge in [-0.05, 0) is 44.9 Å². The minimum Gasteiger partial charge on any atom is -0.460 e. The molecule has 1 N–H and O–H groups in total. The lowest BCUT2D eigenvalue weighted by molar-refractivity contribution is 0.0486. The van der Waals surface area contributed by atoms with Gasteiger partial charge in [-0.3, -0.25) is 4.79 Å². The molecule has 0 radical (unpaired) electrons. The van der Waals surface area contributed by atoms with Crippen molar-refractivity contribution in [3.8, 4) is 0 Å². The molecular weight excluding hydrogens is 391 g/mol. The molecule has 6 nitrogen and oxygen atoms in total. The molecule has 0 saturated heterocycles. The maximum Gasteiger partial charge on any atom is 0.374 e. The van der Waals surface area contributed by atoms with E-state index in [1.807, 2.05) is 0 Å². The van der Waals surface area contributed by atoms with Gasteiger partial charge in [0.1, 0.15) is 5.76 Å². The van der Waals surface area contributed by atoms with Crippen molar-refractivity contribution in [3.05, 3.63) is 56.5 Å². The number of benzene rings is 1. The first-order valence-electron chi connectivity index (χ1n) is 8.54. The van der Waals surface area contributed by atoms with Crippen molar-refractivity contribution in [1.82, 2.24) is 5.43 Å². The number of aryl methyl sites for hydroxylation is 1. The lowest BCUT2D eigenvalue weighted by Crippen LogP contribution is -2.22. The number of fused-ring (bicyclic) bond motifs is 1. The molecule has 8 heteroatoms. The van der Waals surface area contributed by atoms with Gasteiger partial charge in [0, 0.05) is 22.6 Å². The number of ether oxygens (including phenoxy) is 1. The minimum absolute atomic E-state index is 0.184. The number of rotatable bonds is 4. The van der Waals surface area contributed by atoms with Crippen LogP contribution in [0.25, 0.3) is 0 Å². The number of carbonyl (C=O) groups is 2. The highest BCUT2D eigenvalue weighted by atomic mass is 35.5. The van der Waals surface area contributed by atoms with Gasteiger partial charge in [0.15, 0.2) is 0 Å². The summed E-state index contributed by atoms with van der Waals surface area (Å²) in [5.74, 6) is -0.0772. The highest BCUT2D eigenvalue weighted by Crippen LogP contribution is 2.30. The molecule has 1 aromatic carbocycles. The summed E-state index contributed by atoms with van der Waals surface area (Å²) < 4.78 is 10.7. The van der Waals surface area contributed by atoms with Gasteiger partial charge in [-0.2, -0.15) is 5.10 Å². The van der Waals surface area contributed by atoms with Crippen molar-refractivity contribution in [1.29, 1.82) is 0 Å². The number of amides is 1. The number of nitrogens with zero attached hydrogens (tertiary/aromatic N) is 1. The van der Waals surface area contributed by atoms with Gasteiger partial charge in [0.2, 0.25) is 5.76 Å². The molecule has 1 aromatic heterocycles. The molecule has 27 heavy (non-hydrogen) atoms. The monoisotopic (exact) mass is 408 g/mol. The molecule has 1 aliphatic carbocycles. The fourth-order valence-electron chi connectivity index (χ4n) is 3.02. The molecule has 1 heterocycles. The highest BCUT2D eigenvalue weighted by molar-refractivity contribution is 6.36. The van der Waals surface area contributed by atoms with E-state index in [1.165, 1.54) is 12.1 Å². The number of hydrazone groups is 1. The van der Waals surface area contributed by atoms with Crippen LogP contribution in [0.15, 0.2) is 27.7 Å². The van der Waals surface area contributed by atoms with Crippen molar-refractivity contribution in [2.75, 3.05) is 6.61 Å². The third kappa shape index (κ3) is 4.01. The number of hydrogen-bond acceptors (Lipinski definition) is 5. The third-order valence-electron chi connectivity index (χ3n) is 4.25. The molecule has 0 bridgehead atoms. The first kappa shape index (κ1) is 19.5. The predicted octanol–water partition coefficient (Wildman–Crippen LogP) is 4.54. The van der Waals surface area contributed by atoms with Gasteiger partial charge in [0.05, 0.1) is 22.9 Å². The van der Waals surface area contributed by atoms with E-state index in [0.29, 0.717) is 34.9 Å². The summed E-state index contributed by atoms with van der Waals surface area (Å²) in [6.45, 7) is 3.79. The standard InChI is InChI=1S/C19H18Cl2N2O4/c1-3-26-19(25)17-10(2)16-14(5-4-6-15(16)27-17)22-23-18(24)12-8-7-11(20)9-13(12)21/h7-9H,3-6H2,1-2H3,(H,23,24)/b22-14+. The zero-order valence-corrected chi connectivity index (χ0v) is 16.4. The summed E-state index contributed by atoms with van der Waals surface area (Å²) >= 11 is 11.9. The Hall–Kier alpha value is -2.31. The zero-order valence-electron chi connectivity index (χ0n) is 14.9. The third-order valence-corrected chi connectivity index (χ3v) is 4.80. The van der Waals surface area contributed by atoms with Crippen LogP contribution < -0.4 is 5.43 Å². The zero-order chi connectivity index (χ0) is 19.6. The van der Waals surface area contributed by atoms with Gasteiger partial charge in [-0.15, -0.1) is 0 Å². The molecule has 2 aromatic rings. The predicted molar refractivity (Wildman–Crippen MR) is 103 cm³/mol. The van der Waals surface area contributed by atoms with Crippen LogP contribution in [-0.2, 0) is 11.2 Å². The molecule has 142 valence electrons. The van der Waals surface area contributed by atoms with Crippen molar-refractivity contribution in [2.24, 2.45) is 5.10 Å². The molecule has 0 fully saturated rings. The van der Waals surface area contributed by atoms with Crippen LogP contribution in [0.2, 0.25) is 10.0 Å². The number of halogens is 2. The molecule has 1 amide bonds. The van der Waals surface area contributed by atoms with Crippen LogP contribution in [0.4, 0.5) is 0 Å². The van der Waals surface area contributed by atoms with Gasteiger partial charge in [0.25, 0.3) is 5.91 Å². The van der Waals surface area contributed by atoms with Crippen LogP contribution in [0.5, 0.6) is 0 Å². The van der Waals surface area contributed by atoms with Crippen molar-refractivity contribution < 1.29 is 18.7 Å². The average Bonchev–Trinajstić information content (AvgIpc) is 2.97. The summed E-state index contributed by atoms with van der Waals surface area (Å²) in [5.41, 5.74) is 4.88. The molecule has 0 saturated carbocycles.